The molecular weight excluding hydrogens is 334 g/mol. The molecule has 2 fully saturated rings. The van der Waals surface area contributed by atoms with Gasteiger partial charge in [0.2, 0.25) is 5.91 Å². The number of nitrogens with one attached hydrogen (secondary N) is 1. The smallest absolute Gasteiger partial charge is 0.338 e. The number of carboxylic acid groups (broad SMARTS) is 1. The van der Waals surface area contributed by atoms with Crippen LogP contribution in [-0.2, 0) is 14.3 Å². The van der Waals surface area contributed by atoms with Crippen molar-refractivity contribution in [2.75, 3.05) is 11.9 Å². The molecule has 26 heavy (non-hydrogen) atoms. The van der Waals surface area contributed by atoms with Crippen LogP contribution in [0.3, 0.4) is 0 Å². The molecule has 1 amide bonds. The SMILES string of the molecule is CCOC(=O)c1ccc(NC(=O)C2C3C=CC(C4CC34)C2C(=O)O)cc1. The maximum Gasteiger partial charge on any atom is 0.338 e. The summed E-state index contributed by atoms with van der Waals surface area (Å²) in [5.74, 6) is -1.93. The predicted molar refractivity (Wildman–Crippen MR) is 93.4 cm³/mol. The van der Waals surface area contributed by atoms with E-state index in [0.717, 1.165) is 6.42 Å². The number of carbonyl (C=O) groups excluding carboxylic acids is 2. The number of hydrogen-bond acceptors (Lipinski definition) is 4. The van der Waals surface area contributed by atoms with Gasteiger partial charge in [-0.3, -0.25) is 9.59 Å². The minimum atomic E-state index is -0.896. The van der Waals surface area contributed by atoms with Crippen LogP contribution in [0.4, 0.5) is 5.69 Å². The summed E-state index contributed by atoms with van der Waals surface area (Å²) in [6.07, 6.45) is 5.05. The number of anilines is 1. The molecule has 0 spiro atoms. The highest BCUT2D eigenvalue weighted by Crippen LogP contribution is 2.63. The molecule has 0 heterocycles. The van der Waals surface area contributed by atoms with Crippen LogP contribution in [0.5, 0.6) is 0 Å². The normalized spacial score (nSPS) is 33.3. The van der Waals surface area contributed by atoms with Gasteiger partial charge in [0.05, 0.1) is 24.0 Å². The Morgan fingerprint density at radius 1 is 1.08 bits per heavy atom. The van der Waals surface area contributed by atoms with E-state index in [-0.39, 0.29) is 17.7 Å². The van der Waals surface area contributed by atoms with Crippen LogP contribution < -0.4 is 5.32 Å². The summed E-state index contributed by atoms with van der Waals surface area (Å²) < 4.78 is 4.94. The minimum absolute atomic E-state index is 0.00454. The van der Waals surface area contributed by atoms with Gasteiger partial charge >= 0.3 is 11.9 Å². The standard InChI is InChI=1S/C20H21NO5/c1-2-26-20(25)10-3-5-11(6-4-10)21-18(22)16-12-7-8-13(15-9-14(12)15)17(16)19(23)24/h3-8,12-17H,2,9H2,1H3,(H,21,22)(H,23,24). The van der Waals surface area contributed by atoms with Crippen LogP contribution in [-0.4, -0.2) is 29.6 Å². The van der Waals surface area contributed by atoms with Gasteiger partial charge in [0.25, 0.3) is 0 Å². The summed E-state index contributed by atoms with van der Waals surface area (Å²) in [5.41, 5.74) is 0.957. The molecule has 2 bridgehead atoms. The van der Waals surface area contributed by atoms with Gasteiger partial charge in [-0.15, -0.1) is 0 Å². The molecule has 136 valence electrons. The van der Waals surface area contributed by atoms with Gasteiger partial charge in [0.1, 0.15) is 0 Å². The molecule has 0 saturated heterocycles. The van der Waals surface area contributed by atoms with Gasteiger partial charge in [-0.25, -0.2) is 4.79 Å². The van der Waals surface area contributed by atoms with Gasteiger partial charge in [0.15, 0.2) is 0 Å². The third-order valence-corrected chi connectivity index (χ3v) is 5.90. The Morgan fingerprint density at radius 2 is 1.69 bits per heavy atom. The zero-order valence-electron chi connectivity index (χ0n) is 14.4. The summed E-state index contributed by atoms with van der Waals surface area (Å²) in [4.78, 5) is 36.3. The highest BCUT2D eigenvalue weighted by molar-refractivity contribution is 5.97. The Hall–Kier alpha value is -2.63. The molecule has 6 atom stereocenters. The fraction of sp³-hybridized carbons (Fsp3) is 0.450. The second-order valence-electron chi connectivity index (χ2n) is 7.28. The van der Waals surface area contributed by atoms with Crippen LogP contribution in [0.25, 0.3) is 0 Å². The van der Waals surface area contributed by atoms with Crippen molar-refractivity contribution in [3.8, 4) is 0 Å². The van der Waals surface area contributed by atoms with Crippen molar-refractivity contribution in [3.63, 3.8) is 0 Å². The van der Waals surface area contributed by atoms with Crippen LogP contribution in [0.1, 0.15) is 23.7 Å². The average molecular weight is 355 g/mol. The number of hydrogen-bond donors (Lipinski definition) is 2. The highest BCUT2D eigenvalue weighted by Gasteiger charge is 2.62. The molecule has 1 aromatic rings. The van der Waals surface area contributed by atoms with Crippen LogP contribution in [0.15, 0.2) is 36.4 Å². The molecule has 1 aromatic carbocycles. The third kappa shape index (κ3) is 2.69. The Morgan fingerprint density at radius 3 is 2.27 bits per heavy atom. The number of carboxylic acids is 1. The van der Waals surface area contributed by atoms with E-state index in [1.54, 1.807) is 31.2 Å². The molecule has 0 aromatic heterocycles. The van der Waals surface area contributed by atoms with Crippen molar-refractivity contribution in [1.29, 1.82) is 0 Å². The first kappa shape index (κ1) is 16.8. The van der Waals surface area contributed by atoms with Gasteiger partial charge in [-0.1, -0.05) is 12.2 Å². The number of aliphatic carboxylic acids is 1. The number of benzene rings is 1. The summed E-state index contributed by atoms with van der Waals surface area (Å²) >= 11 is 0. The molecule has 4 aliphatic carbocycles. The van der Waals surface area contributed by atoms with E-state index in [1.165, 1.54) is 0 Å². The van der Waals surface area contributed by atoms with Crippen molar-refractivity contribution in [3.05, 3.63) is 42.0 Å². The molecule has 4 aliphatic rings. The van der Waals surface area contributed by atoms with E-state index in [4.69, 9.17) is 4.74 Å². The van der Waals surface area contributed by atoms with Crippen LogP contribution >= 0.6 is 0 Å². The maximum absolute atomic E-state index is 12.9. The van der Waals surface area contributed by atoms with E-state index in [1.807, 2.05) is 12.2 Å². The molecule has 6 nitrogen and oxygen atoms in total. The summed E-state index contributed by atoms with van der Waals surface area (Å²) in [6, 6.07) is 6.45. The molecule has 2 N–H and O–H groups in total. The predicted octanol–water partition coefficient (Wildman–Crippen LogP) is 2.57. The molecule has 6 unspecified atom stereocenters. The molecule has 0 radical (unpaired) electrons. The van der Waals surface area contributed by atoms with Gasteiger partial charge in [-0.05, 0) is 61.3 Å². The fourth-order valence-electron chi connectivity index (χ4n) is 4.70. The average Bonchev–Trinajstić information content (AvgIpc) is 3.44. The van der Waals surface area contributed by atoms with Crippen molar-refractivity contribution in [1.82, 2.24) is 0 Å². The number of allylic oxidation sites excluding steroid dienone is 2. The second kappa shape index (κ2) is 6.27. The lowest BCUT2D eigenvalue weighted by molar-refractivity contribution is -0.152. The van der Waals surface area contributed by atoms with E-state index >= 15 is 0 Å². The second-order valence-corrected chi connectivity index (χ2v) is 7.28. The van der Waals surface area contributed by atoms with Crippen molar-refractivity contribution in [2.45, 2.75) is 13.3 Å². The third-order valence-electron chi connectivity index (χ3n) is 5.90. The quantitative estimate of drug-likeness (QED) is 0.625. The van der Waals surface area contributed by atoms with Gasteiger partial charge < -0.3 is 15.2 Å². The van der Waals surface area contributed by atoms with Gasteiger partial charge in [0, 0.05) is 5.69 Å². The monoisotopic (exact) mass is 355 g/mol. The molecule has 5 rings (SSSR count). The number of esters is 1. The van der Waals surface area contributed by atoms with Gasteiger partial charge in [-0.2, -0.15) is 0 Å². The number of fused-ring (bicyclic) bond motifs is 1. The first-order valence-corrected chi connectivity index (χ1v) is 9.00. The van der Waals surface area contributed by atoms with E-state index < -0.39 is 23.8 Å². The maximum atomic E-state index is 12.9. The minimum Gasteiger partial charge on any atom is -0.481 e. The summed E-state index contributed by atoms with van der Waals surface area (Å²) in [7, 11) is 0. The Kier molecular flexibility index (Phi) is 4.05. The Balaban J connectivity index is 1.50. The van der Waals surface area contributed by atoms with Crippen molar-refractivity contribution < 1.29 is 24.2 Å². The van der Waals surface area contributed by atoms with E-state index in [0.29, 0.717) is 29.7 Å². The molecular formula is C20H21NO5. The lowest BCUT2D eigenvalue weighted by Crippen LogP contribution is -2.48. The van der Waals surface area contributed by atoms with E-state index in [2.05, 4.69) is 5.32 Å². The van der Waals surface area contributed by atoms with Crippen LogP contribution in [0, 0.1) is 35.5 Å². The largest absolute Gasteiger partial charge is 0.481 e. The van der Waals surface area contributed by atoms with E-state index in [9.17, 15) is 19.5 Å². The summed E-state index contributed by atoms with van der Waals surface area (Å²) in [6.45, 7) is 2.04. The van der Waals surface area contributed by atoms with Crippen molar-refractivity contribution >= 4 is 23.5 Å². The zero-order chi connectivity index (χ0) is 18.4. The van der Waals surface area contributed by atoms with Crippen molar-refractivity contribution in [2.24, 2.45) is 35.5 Å². The molecule has 0 aliphatic heterocycles. The molecule has 2 saturated carbocycles. The topological polar surface area (TPSA) is 92.7 Å². The first-order valence-electron chi connectivity index (χ1n) is 9.00. The zero-order valence-corrected chi connectivity index (χ0v) is 14.4. The number of amides is 1. The lowest BCUT2D eigenvalue weighted by Gasteiger charge is -2.41. The highest BCUT2D eigenvalue weighted by atomic mass is 16.5. The lowest BCUT2D eigenvalue weighted by atomic mass is 9.62. The number of rotatable bonds is 5. The Bertz CT molecular complexity index is 784. The molecule has 6 heteroatoms. The fourth-order valence-corrected chi connectivity index (χ4v) is 4.70. The Labute approximate surface area is 151 Å². The number of ether oxygens (including phenoxy) is 1. The summed E-state index contributed by atoms with van der Waals surface area (Å²) in [5, 5.41) is 12.5. The number of carbonyl (C=O) groups is 3. The first-order chi connectivity index (χ1) is 12.5. The van der Waals surface area contributed by atoms with Crippen LogP contribution in [0.2, 0.25) is 0 Å².